The summed E-state index contributed by atoms with van der Waals surface area (Å²) >= 11 is 0. The fraction of sp³-hybridized carbons (Fsp3) is 0.435. The Morgan fingerprint density at radius 1 is 1.28 bits per heavy atom. The van der Waals surface area contributed by atoms with Crippen molar-refractivity contribution in [3.63, 3.8) is 0 Å². The van der Waals surface area contributed by atoms with Crippen LogP contribution < -0.4 is 11.1 Å². The Morgan fingerprint density at radius 2 is 2.10 bits per heavy atom. The first kappa shape index (κ1) is 19.6. The summed E-state index contributed by atoms with van der Waals surface area (Å²) in [5.41, 5.74) is 13.7. The summed E-state index contributed by atoms with van der Waals surface area (Å²) in [5, 5.41) is 7.77. The number of aryl methyl sites for hydroxylation is 2. The molecule has 1 aromatic heterocycles. The van der Waals surface area contributed by atoms with Gasteiger partial charge in [0.15, 0.2) is 6.10 Å². The van der Waals surface area contributed by atoms with Gasteiger partial charge in [0.25, 0.3) is 0 Å². The fourth-order valence-electron chi connectivity index (χ4n) is 4.14. The summed E-state index contributed by atoms with van der Waals surface area (Å²) in [4.78, 5) is 14.7. The number of nitrogens with one attached hydrogen (secondary N) is 1. The van der Waals surface area contributed by atoms with Crippen molar-refractivity contribution in [3.05, 3.63) is 57.9 Å². The molecule has 1 saturated heterocycles. The van der Waals surface area contributed by atoms with Crippen molar-refractivity contribution in [2.75, 3.05) is 18.8 Å². The standard InChI is InChI=1S/C23H29N5O/c1-4-6-16-9-15(5-2)7-8-19(16)17-10-20-22(14(3)26-23(24)27-20)21(11-17)28-29-18-12-25-13-18/h4,6-9,17-18,25H,5,10-13H2,1-3H3,(H2,24,26,27). The maximum absolute atomic E-state index is 5.97. The predicted molar refractivity (Wildman–Crippen MR) is 117 cm³/mol. The molecule has 0 amide bonds. The van der Waals surface area contributed by atoms with Crippen LogP contribution >= 0.6 is 0 Å². The van der Waals surface area contributed by atoms with Crippen molar-refractivity contribution >= 4 is 17.7 Å². The molecule has 152 valence electrons. The Labute approximate surface area is 172 Å². The van der Waals surface area contributed by atoms with Gasteiger partial charge in [-0.3, -0.25) is 0 Å². The minimum atomic E-state index is 0.142. The molecule has 1 atom stereocenters. The molecule has 0 bridgehead atoms. The molecule has 1 unspecified atom stereocenters. The van der Waals surface area contributed by atoms with Gasteiger partial charge in [-0.25, -0.2) is 9.97 Å². The number of hydrogen-bond acceptors (Lipinski definition) is 6. The highest BCUT2D eigenvalue weighted by Gasteiger charge is 2.30. The number of aromatic nitrogens is 2. The molecule has 1 fully saturated rings. The molecule has 1 aromatic carbocycles. The van der Waals surface area contributed by atoms with Crippen molar-refractivity contribution in [3.8, 4) is 0 Å². The van der Waals surface area contributed by atoms with Crippen LogP contribution in [0.3, 0.4) is 0 Å². The van der Waals surface area contributed by atoms with E-state index in [1.54, 1.807) is 0 Å². The lowest BCUT2D eigenvalue weighted by Gasteiger charge is -2.29. The number of fused-ring (bicyclic) bond motifs is 1. The van der Waals surface area contributed by atoms with Crippen molar-refractivity contribution < 1.29 is 4.84 Å². The zero-order chi connectivity index (χ0) is 20.4. The fourth-order valence-corrected chi connectivity index (χ4v) is 4.14. The lowest BCUT2D eigenvalue weighted by atomic mass is 9.79. The third-order valence-electron chi connectivity index (χ3n) is 5.75. The van der Waals surface area contributed by atoms with Crippen molar-refractivity contribution in [2.45, 2.75) is 52.1 Å². The van der Waals surface area contributed by atoms with E-state index < -0.39 is 0 Å². The summed E-state index contributed by atoms with van der Waals surface area (Å²) in [6.45, 7) is 7.90. The van der Waals surface area contributed by atoms with E-state index in [4.69, 9.17) is 10.6 Å². The number of benzene rings is 1. The molecule has 4 rings (SSSR count). The number of nitrogen functional groups attached to an aromatic ring is 1. The van der Waals surface area contributed by atoms with Crippen LogP contribution in [-0.4, -0.2) is 34.9 Å². The molecule has 6 nitrogen and oxygen atoms in total. The number of allylic oxidation sites excluding steroid dienone is 1. The normalized spacial score (nSPS) is 20.7. The lowest BCUT2D eigenvalue weighted by molar-refractivity contribution is 0.0227. The smallest absolute Gasteiger partial charge is 0.220 e. The van der Waals surface area contributed by atoms with Crippen LogP contribution in [0.25, 0.3) is 6.08 Å². The molecule has 3 N–H and O–H groups in total. The molecule has 1 aliphatic carbocycles. The SMILES string of the molecule is CC=Cc1cc(CC)ccc1C1CC(=NOC2CNC2)c2c(C)nc(N)nc2C1. The zero-order valence-electron chi connectivity index (χ0n) is 17.4. The van der Waals surface area contributed by atoms with E-state index in [-0.39, 0.29) is 12.0 Å². The maximum atomic E-state index is 5.97. The van der Waals surface area contributed by atoms with Crippen LogP contribution in [-0.2, 0) is 17.7 Å². The third-order valence-corrected chi connectivity index (χ3v) is 5.75. The molecule has 0 spiro atoms. The van der Waals surface area contributed by atoms with E-state index in [0.29, 0.717) is 5.95 Å². The van der Waals surface area contributed by atoms with Gasteiger partial charge in [-0.05, 0) is 49.3 Å². The number of nitrogens with two attached hydrogens (primary N) is 1. The van der Waals surface area contributed by atoms with Crippen LogP contribution in [0.15, 0.2) is 29.4 Å². The van der Waals surface area contributed by atoms with E-state index in [0.717, 1.165) is 55.0 Å². The van der Waals surface area contributed by atoms with Crippen LogP contribution in [0.2, 0.25) is 0 Å². The molecule has 2 heterocycles. The molecule has 2 aromatic rings. The Morgan fingerprint density at radius 3 is 2.79 bits per heavy atom. The molecule has 1 aliphatic heterocycles. The Balaban J connectivity index is 1.74. The lowest BCUT2D eigenvalue weighted by Crippen LogP contribution is -2.47. The van der Waals surface area contributed by atoms with E-state index in [2.05, 4.69) is 64.6 Å². The predicted octanol–water partition coefficient (Wildman–Crippen LogP) is 3.39. The quantitative estimate of drug-likeness (QED) is 0.763. The van der Waals surface area contributed by atoms with Crippen LogP contribution in [0.5, 0.6) is 0 Å². The monoisotopic (exact) mass is 391 g/mol. The number of anilines is 1. The van der Waals surface area contributed by atoms with E-state index >= 15 is 0 Å². The molecule has 6 heteroatoms. The highest BCUT2D eigenvalue weighted by atomic mass is 16.6. The van der Waals surface area contributed by atoms with Gasteiger partial charge in [-0.2, -0.15) is 0 Å². The van der Waals surface area contributed by atoms with Crippen LogP contribution in [0.4, 0.5) is 5.95 Å². The molecule has 29 heavy (non-hydrogen) atoms. The molecule has 0 radical (unpaired) electrons. The second-order valence-electron chi connectivity index (χ2n) is 7.83. The minimum Gasteiger partial charge on any atom is -0.390 e. The van der Waals surface area contributed by atoms with Gasteiger partial charge in [0.1, 0.15) is 0 Å². The van der Waals surface area contributed by atoms with Gasteiger partial charge < -0.3 is 15.9 Å². The Hall–Kier alpha value is -2.73. The van der Waals surface area contributed by atoms with Crippen molar-refractivity contribution in [1.29, 1.82) is 0 Å². The van der Waals surface area contributed by atoms with Crippen LogP contribution in [0.1, 0.15) is 59.8 Å². The van der Waals surface area contributed by atoms with Gasteiger partial charge in [-0.15, -0.1) is 0 Å². The van der Waals surface area contributed by atoms with Crippen molar-refractivity contribution in [2.24, 2.45) is 5.16 Å². The first-order valence-electron chi connectivity index (χ1n) is 10.4. The summed E-state index contributed by atoms with van der Waals surface area (Å²) < 4.78 is 0. The Bertz CT molecular complexity index is 962. The highest BCUT2D eigenvalue weighted by Crippen LogP contribution is 2.36. The molecule has 0 saturated carbocycles. The van der Waals surface area contributed by atoms with Gasteiger partial charge in [0.2, 0.25) is 5.95 Å². The largest absolute Gasteiger partial charge is 0.390 e. The number of rotatable bonds is 5. The van der Waals surface area contributed by atoms with Gasteiger partial charge in [0.05, 0.1) is 17.1 Å². The van der Waals surface area contributed by atoms with Gasteiger partial charge in [-0.1, -0.05) is 42.4 Å². The molecular formula is C23H29N5O. The summed E-state index contributed by atoms with van der Waals surface area (Å²) in [5.74, 6) is 0.593. The minimum absolute atomic E-state index is 0.142. The van der Waals surface area contributed by atoms with E-state index in [1.165, 1.54) is 16.7 Å². The van der Waals surface area contributed by atoms with E-state index in [1.807, 2.05) is 6.92 Å². The zero-order valence-corrected chi connectivity index (χ0v) is 17.4. The summed E-state index contributed by atoms with van der Waals surface area (Å²) in [7, 11) is 0. The first-order valence-corrected chi connectivity index (χ1v) is 10.4. The summed E-state index contributed by atoms with van der Waals surface area (Å²) in [6.07, 6.45) is 7.08. The topological polar surface area (TPSA) is 85.4 Å². The van der Waals surface area contributed by atoms with Gasteiger partial charge >= 0.3 is 0 Å². The van der Waals surface area contributed by atoms with E-state index in [9.17, 15) is 0 Å². The van der Waals surface area contributed by atoms with Crippen LogP contribution in [0, 0.1) is 6.92 Å². The first-order chi connectivity index (χ1) is 14.1. The highest BCUT2D eigenvalue weighted by molar-refractivity contribution is 6.03. The average molecular weight is 392 g/mol. The second-order valence-corrected chi connectivity index (χ2v) is 7.83. The summed E-state index contributed by atoms with van der Waals surface area (Å²) in [6, 6.07) is 6.78. The average Bonchev–Trinajstić information content (AvgIpc) is 2.66. The number of oxime groups is 1. The van der Waals surface area contributed by atoms with Crippen molar-refractivity contribution in [1.82, 2.24) is 15.3 Å². The molecule has 2 aliphatic rings. The Kier molecular flexibility index (Phi) is 5.62. The third kappa shape index (κ3) is 4.03. The van der Waals surface area contributed by atoms with Gasteiger partial charge in [0, 0.05) is 25.1 Å². The maximum Gasteiger partial charge on any atom is 0.220 e. The number of hydrogen-bond donors (Lipinski definition) is 2. The molecular weight excluding hydrogens is 362 g/mol. The second kappa shape index (κ2) is 8.33. The number of nitrogens with zero attached hydrogens (tertiary/aromatic N) is 3.